The molecule has 0 aromatic carbocycles. The lowest BCUT2D eigenvalue weighted by Gasteiger charge is -2.08. The highest BCUT2D eigenvalue weighted by atomic mass is 16.1. The summed E-state index contributed by atoms with van der Waals surface area (Å²) in [7, 11) is 0. The summed E-state index contributed by atoms with van der Waals surface area (Å²) in [4.78, 5) is 19.7. The molecule has 0 aliphatic heterocycles. The van der Waals surface area contributed by atoms with Gasteiger partial charge in [0.2, 0.25) is 5.91 Å². The number of hydrogen-bond acceptors (Lipinski definition) is 4. The summed E-state index contributed by atoms with van der Waals surface area (Å²) < 4.78 is 0. The van der Waals surface area contributed by atoms with Gasteiger partial charge in [0.25, 0.3) is 0 Å². The second-order valence-electron chi connectivity index (χ2n) is 4.40. The average molecular weight is 236 g/mol. The molecule has 0 spiro atoms. The Hall–Kier alpha value is -1.49. The average Bonchev–Trinajstić information content (AvgIpc) is 2.26. The van der Waals surface area contributed by atoms with Gasteiger partial charge in [-0.15, -0.1) is 0 Å². The largest absolute Gasteiger partial charge is 0.355 e. The molecule has 0 aliphatic carbocycles. The number of aryl methyl sites for hydroxylation is 1. The van der Waals surface area contributed by atoms with Crippen LogP contribution in [-0.2, 0) is 11.3 Å². The van der Waals surface area contributed by atoms with Crippen molar-refractivity contribution in [3.63, 3.8) is 0 Å². The van der Waals surface area contributed by atoms with Crippen LogP contribution < -0.4 is 10.6 Å². The van der Waals surface area contributed by atoms with Crippen molar-refractivity contribution in [2.45, 2.75) is 27.3 Å². The van der Waals surface area contributed by atoms with Gasteiger partial charge in [0, 0.05) is 19.3 Å². The second kappa shape index (κ2) is 6.96. The van der Waals surface area contributed by atoms with Crippen LogP contribution in [0.3, 0.4) is 0 Å². The summed E-state index contributed by atoms with van der Waals surface area (Å²) in [6, 6.07) is 1.84. The summed E-state index contributed by atoms with van der Waals surface area (Å²) >= 11 is 0. The topological polar surface area (TPSA) is 66.9 Å². The van der Waals surface area contributed by atoms with Gasteiger partial charge in [0.15, 0.2) is 0 Å². The maximum atomic E-state index is 11.4. The van der Waals surface area contributed by atoms with E-state index in [2.05, 4.69) is 34.4 Å². The molecule has 0 unspecified atom stereocenters. The van der Waals surface area contributed by atoms with Crippen molar-refractivity contribution < 1.29 is 4.79 Å². The van der Waals surface area contributed by atoms with Crippen molar-refractivity contribution in [1.82, 2.24) is 20.6 Å². The number of carbonyl (C=O) groups is 1. The van der Waals surface area contributed by atoms with E-state index >= 15 is 0 Å². The molecular formula is C12H20N4O. The van der Waals surface area contributed by atoms with Crippen LogP contribution in [0.4, 0.5) is 0 Å². The molecule has 5 nitrogen and oxygen atoms in total. The minimum absolute atomic E-state index is 0.0180. The van der Waals surface area contributed by atoms with E-state index in [9.17, 15) is 4.79 Å². The lowest BCUT2D eigenvalue weighted by molar-refractivity contribution is -0.120. The molecule has 0 saturated heterocycles. The quantitative estimate of drug-likeness (QED) is 0.761. The van der Waals surface area contributed by atoms with Crippen LogP contribution in [0.1, 0.15) is 25.4 Å². The van der Waals surface area contributed by atoms with Crippen molar-refractivity contribution in [3.05, 3.63) is 23.8 Å². The number of carbonyl (C=O) groups excluding carboxylic acids is 1. The molecule has 0 atom stereocenters. The van der Waals surface area contributed by atoms with Crippen LogP contribution in [-0.4, -0.2) is 29.0 Å². The van der Waals surface area contributed by atoms with Crippen LogP contribution in [0.25, 0.3) is 0 Å². The van der Waals surface area contributed by atoms with E-state index in [-0.39, 0.29) is 5.91 Å². The maximum Gasteiger partial charge on any atom is 0.233 e. The van der Waals surface area contributed by atoms with Gasteiger partial charge >= 0.3 is 0 Å². The van der Waals surface area contributed by atoms with Gasteiger partial charge in [0.05, 0.1) is 12.2 Å². The zero-order valence-electron chi connectivity index (χ0n) is 10.7. The third-order valence-electron chi connectivity index (χ3n) is 2.13. The Morgan fingerprint density at radius 2 is 2.24 bits per heavy atom. The van der Waals surface area contributed by atoms with Crippen molar-refractivity contribution in [2.24, 2.45) is 5.92 Å². The summed E-state index contributed by atoms with van der Waals surface area (Å²) in [6.45, 7) is 7.59. The summed E-state index contributed by atoms with van der Waals surface area (Å²) in [6.07, 6.45) is 1.72. The number of amides is 1. The molecule has 0 bridgehead atoms. The van der Waals surface area contributed by atoms with E-state index in [4.69, 9.17) is 0 Å². The molecule has 94 valence electrons. The third kappa shape index (κ3) is 5.97. The fourth-order valence-electron chi connectivity index (χ4n) is 1.29. The molecule has 0 saturated carbocycles. The Morgan fingerprint density at radius 3 is 2.88 bits per heavy atom. The Bertz CT molecular complexity index is 365. The highest BCUT2D eigenvalue weighted by Gasteiger charge is 2.02. The number of nitrogens with zero attached hydrogens (tertiary/aromatic N) is 2. The van der Waals surface area contributed by atoms with Crippen molar-refractivity contribution in [3.8, 4) is 0 Å². The monoisotopic (exact) mass is 236 g/mol. The van der Waals surface area contributed by atoms with Crippen LogP contribution in [0.5, 0.6) is 0 Å². The van der Waals surface area contributed by atoms with Crippen LogP contribution in [0, 0.1) is 12.8 Å². The standard InChI is InChI=1S/C12H20N4O/c1-9(2)6-15-12(17)8-13-7-11-4-5-14-10(3)16-11/h4-5,9,13H,6-8H2,1-3H3,(H,15,17). The molecular weight excluding hydrogens is 216 g/mol. The molecule has 1 rings (SSSR count). The summed E-state index contributed by atoms with van der Waals surface area (Å²) in [5.41, 5.74) is 0.897. The first-order valence-electron chi connectivity index (χ1n) is 5.84. The lowest BCUT2D eigenvalue weighted by atomic mass is 10.2. The van der Waals surface area contributed by atoms with Gasteiger partial charge in [-0.05, 0) is 18.9 Å². The van der Waals surface area contributed by atoms with Crippen molar-refractivity contribution in [2.75, 3.05) is 13.1 Å². The normalized spacial score (nSPS) is 10.6. The fourth-order valence-corrected chi connectivity index (χ4v) is 1.29. The Kier molecular flexibility index (Phi) is 5.56. The summed E-state index contributed by atoms with van der Waals surface area (Å²) in [5.74, 6) is 1.24. The van der Waals surface area contributed by atoms with Gasteiger partial charge in [-0.1, -0.05) is 13.8 Å². The van der Waals surface area contributed by atoms with E-state index in [1.54, 1.807) is 6.20 Å². The first-order chi connectivity index (χ1) is 8.08. The number of aromatic nitrogens is 2. The Balaban J connectivity index is 2.21. The molecule has 1 aromatic heterocycles. The molecule has 5 heteroatoms. The Labute approximate surface area is 102 Å². The first-order valence-corrected chi connectivity index (χ1v) is 5.84. The minimum atomic E-state index is 0.0180. The minimum Gasteiger partial charge on any atom is -0.355 e. The van der Waals surface area contributed by atoms with Crippen LogP contribution in [0.2, 0.25) is 0 Å². The highest BCUT2D eigenvalue weighted by molar-refractivity contribution is 5.77. The van der Waals surface area contributed by atoms with Gasteiger partial charge in [-0.25, -0.2) is 9.97 Å². The number of nitrogens with one attached hydrogen (secondary N) is 2. The van der Waals surface area contributed by atoms with Gasteiger partial charge in [-0.2, -0.15) is 0 Å². The number of hydrogen-bond donors (Lipinski definition) is 2. The zero-order chi connectivity index (χ0) is 12.7. The third-order valence-corrected chi connectivity index (χ3v) is 2.13. The van der Waals surface area contributed by atoms with Crippen molar-refractivity contribution >= 4 is 5.91 Å². The molecule has 0 fully saturated rings. The highest BCUT2D eigenvalue weighted by Crippen LogP contribution is 1.93. The molecule has 1 amide bonds. The molecule has 0 aliphatic rings. The molecule has 17 heavy (non-hydrogen) atoms. The van der Waals surface area contributed by atoms with Gasteiger partial charge in [0.1, 0.15) is 5.82 Å². The number of rotatable bonds is 6. The molecule has 1 aromatic rings. The van der Waals surface area contributed by atoms with Gasteiger partial charge in [-0.3, -0.25) is 4.79 Å². The Morgan fingerprint density at radius 1 is 1.47 bits per heavy atom. The molecule has 1 heterocycles. The SMILES string of the molecule is Cc1nccc(CNCC(=O)NCC(C)C)n1. The van der Waals surface area contributed by atoms with E-state index < -0.39 is 0 Å². The maximum absolute atomic E-state index is 11.4. The van der Waals surface area contributed by atoms with Crippen LogP contribution >= 0.6 is 0 Å². The second-order valence-corrected chi connectivity index (χ2v) is 4.40. The molecule has 2 N–H and O–H groups in total. The van der Waals surface area contributed by atoms with Crippen LogP contribution in [0.15, 0.2) is 12.3 Å². The van der Waals surface area contributed by atoms with Crippen molar-refractivity contribution in [1.29, 1.82) is 0 Å². The lowest BCUT2D eigenvalue weighted by Crippen LogP contribution is -2.35. The predicted octanol–water partition coefficient (Wildman–Crippen LogP) is 0.647. The fraction of sp³-hybridized carbons (Fsp3) is 0.583. The van der Waals surface area contributed by atoms with E-state index in [1.165, 1.54) is 0 Å². The first kappa shape index (κ1) is 13.6. The van der Waals surface area contributed by atoms with Gasteiger partial charge < -0.3 is 10.6 Å². The summed E-state index contributed by atoms with van der Waals surface area (Å²) in [5, 5.41) is 5.90. The molecule has 0 radical (unpaired) electrons. The zero-order valence-corrected chi connectivity index (χ0v) is 10.7. The van der Waals surface area contributed by atoms with E-state index in [0.717, 1.165) is 11.5 Å². The smallest absolute Gasteiger partial charge is 0.233 e. The van der Waals surface area contributed by atoms with E-state index in [0.29, 0.717) is 25.6 Å². The van der Waals surface area contributed by atoms with E-state index in [1.807, 2.05) is 13.0 Å². The predicted molar refractivity (Wildman–Crippen MR) is 66.3 cm³/mol.